The molecule has 5 nitrogen and oxygen atoms in total. The van der Waals surface area contributed by atoms with Gasteiger partial charge in [-0.25, -0.2) is 4.79 Å². The number of rotatable bonds is 11. The van der Waals surface area contributed by atoms with Crippen LogP contribution in [0, 0.1) is 28.6 Å². The fraction of sp³-hybridized carbons (Fsp3) is 0.370. The second-order valence-electron chi connectivity index (χ2n) is 18.0. The third-order valence-corrected chi connectivity index (χ3v) is 14.3. The van der Waals surface area contributed by atoms with Gasteiger partial charge in [-0.2, -0.15) is 5.26 Å². The summed E-state index contributed by atoms with van der Waals surface area (Å²) in [5.41, 5.74) is 15.6. The highest BCUT2D eigenvalue weighted by atomic mass is 16.4. The molecule has 2 bridgehead atoms. The summed E-state index contributed by atoms with van der Waals surface area (Å²) >= 11 is 0. The maximum atomic E-state index is 12.1. The van der Waals surface area contributed by atoms with Crippen LogP contribution in [0.25, 0.3) is 5.57 Å². The van der Waals surface area contributed by atoms with E-state index in [0.717, 1.165) is 69.2 Å². The van der Waals surface area contributed by atoms with E-state index in [1.54, 1.807) is 0 Å². The molecule has 0 radical (unpaired) electrons. The van der Waals surface area contributed by atoms with Crippen LogP contribution in [-0.4, -0.2) is 24.2 Å². The Labute approximate surface area is 352 Å². The number of carboxylic acid groups (broad SMARTS) is 1. The largest absolute Gasteiger partial charge is 0.477 e. The van der Waals surface area contributed by atoms with Crippen molar-refractivity contribution in [3.63, 3.8) is 0 Å². The molecule has 59 heavy (non-hydrogen) atoms. The Morgan fingerprint density at radius 2 is 1.31 bits per heavy atom. The predicted molar refractivity (Wildman–Crippen MR) is 244 cm³/mol. The molecule has 0 spiro atoms. The number of hydrogen-bond donors (Lipinski definition) is 1. The van der Waals surface area contributed by atoms with Crippen molar-refractivity contribution in [3.8, 4) is 6.07 Å². The second kappa shape index (κ2) is 16.6. The minimum atomic E-state index is -1.14. The molecule has 1 fully saturated rings. The Kier molecular flexibility index (Phi) is 11.3. The second-order valence-corrected chi connectivity index (χ2v) is 18.0. The van der Waals surface area contributed by atoms with Crippen LogP contribution in [0.2, 0.25) is 0 Å². The Hall–Kier alpha value is -5.60. The van der Waals surface area contributed by atoms with Gasteiger partial charge in [0, 0.05) is 35.8 Å². The number of nitrogens with zero attached hydrogens (tertiary/aromatic N) is 3. The van der Waals surface area contributed by atoms with Gasteiger partial charge in [0.25, 0.3) is 0 Å². The Balaban J connectivity index is 1.18. The van der Waals surface area contributed by atoms with Crippen molar-refractivity contribution in [2.75, 3.05) is 22.9 Å². The van der Waals surface area contributed by atoms with E-state index in [9.17, 15) is 15.2 Å². The molecule has 302 valence electrons. The van der Waals surface area contributed by atoms with E-state index in [0.29, 0.717) is 23.3 Å². The highest BCUT2D eigenvalue weighted by molar-refractivity contribution is 5.93. The first-order valence-electron chi connectivity index (χ1n) is 22.0. The van der Waals surface area contributed by atoms with Crippen molar-refractivity contribution >= 4 is 34.3 Å². The Morgan fingerprint density at radius 3 is 1.75 bits per heavy atom. The third kappa shape index (κ3) is 7.59. The van der Waals surface area contributed by atoms with Gasteiger partial charge in [-0.05, 0) is 173 Å². The summed E-state index contributed by atoms with van der Waals surface area (Å²) in [5.74, 6) is 0.367. The molecule has 4 unspecified atom stereocenters. The van der Waals surface area contributed by atoms with Gasteiger partial charge in [0.15, 0.2) is 0 Å². The topological polar surface area (TPSA) is 67.6 Å². The minimum Gasteiger partial charge on any atom is -0.477 e. The number of hydrogen-bond acceptors (Lipinski definition) is 4. The number of carboxylic acids is 1. The van der Waals surface area contributed by atoms with Gasteiger partial charge in [0.05, 0.1) is 0 Å². The SMILES string of the molecule is CCC(C)c1ccc(N2CCCc3cc(C(=C/C=C/C4=CC(=C(\C#N)C(=O)O)/C5CC4C5(C)C)c4ccc5c(c4)CCCN5c4ccc(C(C)CC)cc4)ccc32)cc1. The average Bonchev–Trinajstić information content (AvgIpc) is 3.26. The highest BCUT2D eigenvalue weighted by Gasteiger charge is 2.54. The molecule has 2 aliphatic heterocycles. The summed E-state index contributed by atoms with van der Waals surface area (Å²) in [6, 6.07) is 34.4. The molecule has 1 saturated carbocycles. The van der Waals surface area contributed by atoms with Gasteiger partial charge < -0.3 is 14.9 Å². The molecule has 1 N–H and O–H groups in total. The summed E-state index contributed by atoms with van der Waals surface area (Å²) in [6.07, 6.45) is 15.9. The molecule has 3 aliphatic carbocycles. The van der Waals surface area contributed by atoms with E-state index in [2.05, 4.69) is 154 Å². The van der Waals surface area contributed by atoms with Crippen LogP contribution in [0.3, 0.4) is 0 Å². The van der Waals surface area contributed by atoms with Crippen molar-refractivity contribution in [3.05, 3.63) is 159 Å². The van der Waals surface area contributed by atoms with Gasteiger partial charge >= 0.3 is 5.97 Å². The Bertz CT molecular complexity index is 2290. The number of nitriles is 1. The summed E-state index contributed by atoms with van der Waals surface area (Å²) in [4.78, 5) is 17.1. The van der Waals surface area contributed by atoms with Crippen molar-refractivity contribution in [2.24, 2.45) is 17.3 Å². The normalized spacial score (nSPS) is 21.0. The summed E-state index contributed by atoms with van der Waals surface area (Å²) in [7, 11) is 0. The molecular weight excluding hydrogens is 723 g/mol. The number of aliphatic carboxylic acids is 1. The zero-order valence-electron chi connectivity index (χ0n) is 35.8. The van der Waals surface area contributed by atoms with Crippen LogP contribution >= 0.6 is 0 Å². The summed E-state index contributed by atoms with van der Waals surface area (Å²) in [5, 5.41) is 19.7. The van der Waals surface area contributed by atoms with E-state index < -0.39 is 5.97 Å². The van der Waals surface area contributed by atoms with Gasteiger partial charge in [0.1, 0.15) is 11.6 Å². The zero-order valence-corrected chi connectivity index (χ0v) is 35.8. The maximum Gasteiger partial charge on any atom is 0.346 e. The first-order valence-corrected chi connectivity index (χ1v) is 22.0. The lowest BCUT2D eigenvalue weighted by Crippen LogP contribution is -2.49. The quantitative estimate of drug-likeness (QED) is 0.0932. The summed E-state index contributed by atoms with van der Waals surface area (Å²) in [6.45, 7) is 15.5. The highest BCUT2D eigenvalue weighted by Crippen LogP contribution is 2.62. The number of benzene rings is 4. The van der Waals surface area contributed by atoms with Crippen LogP contribution in [-0.2, 0) is 17.6 Å². The molecule has 5 heteroatoms. The first-order chi connectivity index (χ1) is 28.5. The lowest BCUT2D eigenvalue weighted by Gasteiger charge is -2.57. The monoisotopic (exact) mass is 781 g/mol. The first kappa shape index (κ1) is 40.2. The molecular formula is C54H59N3O2. The van der Waals surface area contributed by atoms with Crippen molar-refractivity contribution in [2.45, 2.75) is 98.3 Å². The van der Waals surface area contributed by atoms with Gasteiger partial charge in [0.2, 0.25) is 0 Å². The van der Waals surface area contributed by atoms with E-state index in [1.165, 1.54) is 56.1 Å². The average molecular weight is 782 g/mol. The van der Waals surface area contributed by atoms with E-state index in [-0.39, 0.29) is 16.9 Å². The lowest BCUT2D eigenvalue weighted by molar-refractivity contribution is -0.132. The van der Waals surface area contributed by atoms with E-state index in [4.69, 9.17) is 0 Å². The van der Waals surface area contributed by atoms with Crippen LogP contribution < -0.4 is 9.80 Å². The van der Waals surface area contributed by atoms with Gasteiger partial charge in [-0.3, -0.25) is 0 Å². The van der Waals surface area contributed by atoms with Crippen molar-refractivity contribution in [1.82, 2.24) is 0 Å². The number of aryl methyl sites for hydroxylation is 2. The third-order valence-electron chi connectivity index (χ3n) is 14.3. The standard InChI is InChI=1S/C54H59N3O2/c1-7-35(3)37-16-22-44(23-17-37)56-28-10-13-42-30-39(20-26-51(42)56)46(15-9-12-41-32-47(48(34-55)53(58)59)50-33-49(41)54(50,5)6)40-21-27-52-43(31-40)14-11-29-57(52)45-24-18-38(19-25-45)36(4)8-2/h9,12,15-27,30-32,35-36,49-50H,7-8,10-11,13-14,28-29,33H2,1-6H3,(H,58,59)/b12-9+,46-15?,48-47-. The molecule has 4 aromatic rings. The molecule has 4 aromatic carbocycles. The molecule has 0 aromatic heterocycles. The fourth-order valence-electron chi connectivity index (χ4n) is 10.2. The minimum absolute atomic E-state index is 0.0855. The Morgan fingerprint density at radius 1 is 0.797 bits per heavy atom. The molecule has 9 rings (SSSR count). The molecule has 5 aliphatic rings. The fourth-order valence-corrected chi connectivity index (χ4v) is 10.2. The van der Waals surface area contributed by atoms with Crippen LogP contribution in [0.5, 0.6) is 0 Å². The van der Waals surface area contributed by atoms with Crippen LogP contribution in [0.1, 0.15) is 119 Å². The van der Waals surface area contributed by atoms with E-state index in [1.807, 2.05) is 12.1 Å². The zero-order chi connectivity index (χ0) is 41.4. The lowest BCUT2D eigenvalue weighted by atomic mass is 9.47. The number of fused-ring (bicyclic) bond motifs is 3. The molecule has 0 saturated heterocycles. The van der Waals surface area contributed by atoms with Gasteiger partial charge in [-0.15, -0.1) is 0 Å². The molecule has 2 heterocycles. The van der Waals surface area contributed by atoms with Crippen molar-refractivity contribution in [1.29, 1.82) is 5.26 Å². The van der Waals surface area contributed by atoms with E-state index >= 15 is 0 Å². The van der Waals surface area contributed by atoms with Crippen molar-refractivity contribution < 1.29 is 9.90 Å². The summed E-state index contributed by atoms with van der Waals surface area (Å²) < 4.78 is 0. The number of anilines is 4. The van der Waals surface area contributed by atoms with Crippen LogP contribution in [0.15, 0.2) is 126 Å². The predicted octanol–water partition coefficient (Wildman–Crippen LogP) is 13.4. The number of carbonyl (C=O) groups is 1. The molecule has 0 amide bonds. The van der Waals surface area contributed by atoms with Gasteiger partial charge in [-0.1, -0.05) is 102 Å². The van der Waals surface area contributed by atoms with Crippen LogP contribution in [0.4, 0.5) is 22.7 Å². The number of allylic oxidation sites excluding steroid dienone is 6. The smallest absolute Gasteiger partial charge is 0.346 e. The molecule has 4 atom stereocenters. The maximum absolute atomic E-state index is 12.1.